The number of aromatic nitrogens is 1. The number of aryl methyl sites for hydroxylation is 1. The molecule has 0 fully saturated rings. The van der Waals surface area contributed by atoms with Gasteiger partial charge in [-0.2, -0.15) is 10.4 Å². The fourth-order valence-corrected chi connectivity index (χ4v) is 2.85. The molecule has 1 heterocycles. The van der Waals surface area contributed by atoms with Crippen LogP contribution in [-0.4, -0.2) is 16.7 Å². The van der Waals surface area contributed by atoms with E-state index < -0.39 is 0 Å². The Morgan fingerprint density at radius 3 is 2.44 bits per heavy atom. The van der Waals surface area contributed by atoms with Crippen LogP contribution in [0.5, 0.6) is 0 Å². The van der Waals surface area contributed by atoms with Gasteiger partial charge in [-0.3, -0.25) is 4.79 Å². The molecule has 0 radical (unpaired) electrons. The molecule has 134 valence electrons. The molecule has 1 N–H and O–H groups in total. The van der Waals surface area contributed by atoms with Gasteiger partial charge in [-0.05, 0) is 61.9 Å². The summed E-state index contributed by atoms with van der Waals surface area (Å²) in [5, 5.41) is 12.8. The lowest BCUT2D eigenvalue weighted by molar-refractivity contribution is 0.0954. The topological polar surface area (TPSA) is 70.2 Å². The van der Waals surface area contributed by atoms with Crippen molar-refractivity contribution in [2.24, 2.45) is 5.10 Å². The molecule has 0 aliphatic rings. The average Bonchev–Trinajstić information content (AvgIpc) is 2.97. The Kier molecular flexibility index (Phi) is 5.13. The van der Waals surface area contributed by atoms with Crippen molar-refractivity contribution in [3.05, 3.63) is 88.5 Å². The molecule has 0 saturated heterocycles. The second-order valence-electron chi connectivity index (χ2n) is 6.03. The number of nitrogens with one attached hydrogen (secondary N) is 1. The van der Waals surface area contributed by atoms with Gasteiger partial charge in [-0.25, -0.2) is 9.82 Å². The second kappa shape index (κ2) is 7.67. The molecule has 0 aliphatic heterocycles. The predicted molar refractivity (Wildman–Crippen MR) is 101 cm³/mol. The summed E-state index contributed by atoms with van der Waals surface area (Å²) in [7, 11) is 0. The van der Waals surface area contributed by atoms with Crippen LogP contribution >= 0.6 is 0 Å². The Morgan fingerprint density at radius 1 is 1.15 bits per heavy atom. The molecule has 1 aromatic heterocycles. The minimum Gasteiger partial charge on any atom is -0.318 e. The molecule has 0 unspecified atom stereocenters. The molecule has 0 aliphatic carbocycles. The van der Waals surface area contributed by atoms with Crippen molar-refractivity contribution in [3.8, 4) is 11.8 Å². The van der Waals surface area contributed by atoms with Crippen LogP contribution in [0, 0.1) is 31.0 Å². The summed E-state index contributed by atoms with van der Waals surface area (Å²) < 4.78 is 15.0. The van der Waals surface area contributed by atoms with Crippen LogP contribution in [0.1, 0.15) is 32.9 Å². The summed E-state index contributed by atoms with van der Waals surface area (Å²) >= 11 is 0. The molecular formula is C21H17FN4O. The molecule has 1 amide bonds. The molecule has 2 aromatic carbocycles. The second-order valence-corrected chi connectivity index (χ2v) is 6.03. The number of carbonyl (C=O) groups is 1. The lowest BCUT2D eigenvalue weighted by atomic mass is 10.2. The molecule has 3 rings (SSSR count). The van der Waals surface area contributed by atoms with Crippen molar-refractivity contribution >= 4 is 12.1 Å². The van der Waals surface area contributed by atoms with Gasteiger partial charge in [0.15, 0.2) is 0 Å². The van der Waals surface area contributed by atoms with Crippen molar-refractivity contribution in [2.45, 2.75) is 13.8 Å². The predicted octanol–water partition coefficient (Wildman–Crippen LogP) is 3.87. The normalized spacial score (nSPS) is 10.7. The Labute approximate surface area is 156 Å². The highest BCUT2D eigenvalue weighted by Gasteiger charge is 2.16. The Bertz CT molecular complexity index is 1040. The average molecular weight is 360 g/mol. The molecule has 27 heavy (non-hydrogen) atoms. The van der Waals surface area contributed by atoms with E-state index in [1.54, 1.807) is 42.5 Å². The van der Waals surface area contributed by atoms with E-state index in [4.69, 9.17) is 5.26 Å². The number of hydrazone groups is 1. The zero-order chi connectivity index (χ0) is 19.4. The van der Waals surface area contributed by atoms with E-state index >= 15 is 0 Å². The van der Waals surface area contributed by atoms with Crippen molar-refractivity contribution < 1.29 is 9.18 Å². The first-order chi connectivity index (χ1) is 13.0. The molecule has 6 heteroatoms. The highest BCUT2D eigenvalue weighted by atomic mass is 19.1. The first-order valence-corrected chi connectivity index (χ1v) is 8.28. The molecule has 0 spiro atoms. The number of carbonyl (C=O) groups excluding carboxylic acids is 1. The molecule has 3 aromatic rings. The minimum absolute atomic E-state index is 0.309. The molecule has 5 nitrogen and oxygen atoms in total. The number of hydrogen-bond donors (Lipinski definition) is 1. The van der Waals surface area contributed by atoms with Gasteiger partial charge in [-0.1, -0.05) is 12.1 Å². The summed E-state index contributed by atoms with van der Waals surface area (Å²) in [6.07, 6.45) is 1.51. The van der Waals surface area contributed by atoms with Crippen LogP contribution in [0.2, 0.25) is 0 Å². The van der Waals surface area contributed by atoms with E-state index in [9.17, 15) is 9.18 Å². The van der Waals surface area contributed by atoms with Gasteiger partial charge in [0, 0.05) is 17.1 Å². The summed E-state index contributed by atoms with van der Waals surface area (Å²) in [6, 6.07) is 16.8. The first kappa shape index (κ1) is 18.1. The van der Waals surface area contributed by atoms with Crippen molar-refractivity contribution in [1.82, 2.24) is 9.99 Å². The SMILES string of the molecule is Cc1cc(C(=O)N/N=C/c2ccc(C#N)cc2)c(C)n1-c1ccc(F)cc1. The Hall–Kier alpha value is -3.72. The number of halogens is 1. The summed E-state index contributed by atoms with van der Waals surface area (Å²) in [4.78, 5) is 12.5. The minimum atomic E-state index is -0.332. The van der Waals surface area contributed by atoms with E-state index in [-0.39, 0.29) is 11.7 Å². The highest BCUT2D eigenvalue weighted by Crippen LogP contribution is 2.21. The lowest BCUT2D eigenvalue weighted by Crippen LogP contribution is -2.18. The van der Waals surface area contributed by atoms with Gasteiger partial charge in [0.25, 0.3) is 5.91 Å². The Balaban J connectivity index is 1.77. The number of benzene rings is 2. The van der Waals surface area contributed by atoms with E-state index in [0.717, 1.165) is 22.6 Å². The quantitative estimate of drug-likeness (QED) is 0.567. The number of nitriles is 1. The van der Waals surface area contributed by atoms with Gasteiger partial charge < -0.3 is 4.57 Å². The zero-order valence-electron chi connectivity index (χ0n) is 14.9. The molecule has 0 bridgehead atoms. The van der Waals surface area contributed by atoms with Gasteiger partial charge in [0.2, 0.25) is 0 Å². The van der Waals surface area contributed by atoms with Gasteiger partial charge in [-0.15, -0.1) is 0 Å². The summed E-state index contributed by atoms with van der Waals surface area (Å²) in [5.41, 5.74) is 6.72. The molecule has 0 saturated carbocycles. The third kappa shape index (κ3) is 3.93. The fourth-order valence-electron chi connectivity index (χ4n) is 2.85. The maximum Gasteiger partial charge on any atom is 0.273 e. The van der Waals surface area contributed by atoms with E-state index in [0.29, 0.717) is 11.1 Å². The van der Waals surface area contributed by atoms with Crippen LogP contribution in [0.4, 0.5) is 4.39 Å². The van der Waals surface area contributed by atoms with Crippen LogP contribution in [0.3, 0.4) is 0 Å². The zero-order valence-corrected chi connectivity index (χ0v) is 14.9. The van der Waals surface area contributed by atoms with Crippen molar-refractivity contribution in [1.29, 1.82) is 5.26 Å². The van der Waals surface area contributed by atoms with Gasteiger partial charge >= 0.3 is 0 Å². The number of nitrogens with zero attached hydrogens (tertiary/aromatic N) is 3. The van der Waals surface area contributed by atoms with E-state index in [2.05, 4.69) is 10.5 Å². The third-order valence-corrected chi connectivity index (χ3v) is 4.18. The van der Waals surface area contributed by atoms with Crippen molar-refractivity contribution in [2.75, 3.05) is 0 Å². The third-order valence-electron chi connectivity index (χ3n) is 4.18. The maximum absolute atomic E-state index is 13.2. The van der Waals surface area contributed by atoms with Crippen LogP contribution in [0.25, 0.3) is 5.69 Å². The number of rotatable bonds is 4. The molecular weight excluding hydrogens is 343 g/mol. The standard InChI is InChI=1S/C21H17FN4O/c1-14-11-20(15(2)26(14)19-9-7-18(22)8-10-19)21(27)25-24-13-17-5-3-16(12-23)4-6-17/h3-11,13H,1-2H3,(H,25,27)/b24-13+. The summed E-state index contributed by atoms with van der Waals surface area (Å²) in [6.45, 7) is 3.71. The Morgan fingerprint density at radius 2 is 1.81 bits per heavy atom. The lowest BCUT2D eigenvalue weighted by Gasteiger charge is -2.09. The largest absolute Gasteiger partial charge is 0.318 e. The first-order valence-electron chi connectivity index (χ1n) is 8.28. The van der Waals surface area contributed by atoms with E-state index in [1.807, 2.05) is 24.5 Å². The van der Waals surface area contributed by atoms with Crippen molar-refractivity contribution in [3.63, 3.8) is 0 Å². The van der Waals surface area contributed by atoms with Crippen LogP contribution in [0.15, 0.2) is 59.7 Å². The van der Waals surface area contributed by atoms with Gasteiger partial charge in [0.1, 0.15) is 5.82 Å². The number of hydrogen-bond acceptors (Lipinski definition) is 3. The van der Waals surface area contributed by atoms with Crippen LogP contribution in [-0.2, 0) is 0 Å². The monoisotopic (exact) mass is 360 g/mol. The summed E-state index contributed by atoms with van der Waals surface area (Å²) in [5.74, 6) is -0.641. The highest BCUT2D eigenvalue weighted by molar-refractivity contribution is 5.96. The fraction of sp³-hybridized carbons (Fsp3) is 0.0952. The smallest absolute Gasteiger partial charge is 0.273 e. The molecule has 0 atom stereocenters. The van der Waals surface area contributed by atoms with E-state index in [1.165, 1.54) is 18.3 Å². The number of amides is 1. The maximum atomic E-state index is 13.2. The van der Waals surface area contributed by atoms with Gasteiger partial charge in [0.05, 0.1) is 23.4 Å². The van der Waals surface area contributed by atoms with Crippen LogP contribution < -0.4 is 5.43 Å².